The minimum atomic E-state index is -0.582. The molecule has 0 aromatic heterocycles. The third-order valence-electron chi connectivity index (χ3n) is 4.24. The molecule has 0 heterocycles. The minimum Gasteiger partial charge on any atom is -0.481 e. The highest BCUT2D eigenvalue weighted by atomic mass is 79.9. The Hall–Kier alpha value is -1.81. The van der Waals surface area contributed by atoms with Crippen molar-refractivity contribution in [3.05, 3.63) is 58.1 Å². The largest absolute Gasteiger partial charge is 0.481 e. The molecule has 1 amide bonds. The maximum atomic E-state index is 12.5. The van der Waals surface area contributed by atoms with Crippen molar-refractivity contribution in [1.29, 1.82) is 0 Å². The quantitative estimate of drug-likeness (QED) is 0.615. The molecule has 0 radical (unpaired) electrons. The van der Waals surface area contributed by atoms with Crippen LogP contribution in [0, 0.1) is 0 Å². The Kier molecular flexibility index (Phi) is 6.87. The van der Waals surface area contributed by atoms with E-state index in [2.05, 4.69) is 48.9 Å². The summed E-state index contributed by atoms with van der Waals surface area (Å²) < 4.78 is 6.64. The van der Waals surface area contributed by atoms with Gasteiger partial charge in [0.05, 0.1) is 5.69 Å². The van der Waals surface area contributed by atoms with Crippen molar-refractivity contribution in [2.75, 3.05) is 5.32 Å². The smallest absolute Gasteiger partial charge is 0.265 e. The standard InChI is InChI=1S/C22H28BrNO2/c1-6-7-16-8-11-18(12-9-16)26-15(2)21(25)24-20-13-10-17(14-19(20)23)22(3,4)5/h8-15H,6-7H2,1-5H3,(H,24,25). The van der Waals surface area contributed by atoms with E-state index in [4.69, 9.17) is 4.74 Å². The van der Waals surface area contributed by atoms with Crippen LogP contribution in [0.15, 0.2) is 46.9 Å². The number of benzene rings is 2. The van der Waals surface area contributed by atoms with E-state index in [9.17, 15) is 4.79 Å². The highest BCUT2D eigenvalue weighted by Crippen LogP contribution is 2.30. The summed E-state index contributed by atoms with van der Waals surface area (Å²) in [5.74, 6) is 0.529. The molecule has 4 heteroatoms. The monoisotopic (exact) mass is 417 g/mol. The average Bonchev–Trinajstić information content (AvgIpc) is 2.57. The molecule has 1 N–H and O–H groups in total. The number of nitrogens with one attached hydrogen (secondary N) is 1. The number of carbonyl (C=O) groups excluding carboxylic acids is 1. The van der Waals surface area contributed by atoms with E-state index >= 15 is 0 Å². The Morgan fingerprint density at radius 3 is 2.35 bits per heavy atom. The summed E-state index contributed by atoms with van der Waals surface area (Å²) >= 11 is 3.55. The number of hydrogen-bond acceptors (Lipinski definition) is 2. The Bertz CT molecular complexity index is 748. The molecule has 140 valence electrons. The highest BCUT2D eigenvalue weighted by molar-refractivity contribution is 9.10. The molecule has 0 fully saturated rings. The minimum absolute atomic E-state index is 0.0609. The van der Waals surface area contributed by atoms with E-state index in [-0.39, 0.29) is 11.3 Å². The number of halogens is 1. The second-order valence-electron chi connectivity index (χ2n) is 7.59. The van der Waals surface area contributed by atoms with Crippen LogP contribution in [0.4, 0.5) is 5.69 Å². The van der Waals surface area contributed by atoms with Gasteiger partial charge in [-0.25, -0.2) is 0 Å². The van der Waals surface area contributed by atoms with Crippen LogP contribution in [0.3, 0.4) is 0 Å². The first kappa shape index (κ1) is 20.5. The maximum absolute atomic E-state index is 12.5. The number of carbonyl (C=O) groups is 1. The normalized spacial score (nSPS) is 12.5. The second kappa shape index (κ2) is 8.72. The summed E-state index contributed by atoms with van der Waals surface area (Å²) in [6.07, 6.45) is 1.58. The number of rotatable bonds is 6. The molecule has 0 bridgehead atoms. The Labute approximate surface area is 165 Å². The van der Waals surface area contributed by atoms with Gasteiger partial charge < -0.3 is 10.1 Å². The van der Waals surface area contributed by atoms with Gasteiger partial charge in [0.15, 0.2) is 6.10 Å². The Morgan fingerprint density at radius 2 is 1.81 bits per heavy atom. The third kappa shape index (κ3) is 5.60. The van der Waals surface area contributed by atoms with Crippen LogP contribution in [-0.2, 0) is 16.6 Å². The van der Waals surface area contributed by atoms with Crippen LogP contribution < -0.4 is 10.1 Å². The molecule has 0 saturated carbocycles. The first-order valence-corrected chi connectivity index (χ1v) is 9.86. The van der Waals surface area contributed by atoms with Crippen molar-refractivity contribution in [3.8, 4) is 5.75 Å². The lowest BCUT2D eigenvalue weighted by molar-refractivity contribution is -0.122. The summed E-state index contributed by atoms with van der Waals surface area (Å²) in [5.41, 5.74) is 3.29. The molecule has 2 rings (SSSR count). The zero-order valence-corrected chi connectivity index (χ0v) is 17.8. The molecule has 0 aliphatic heterocycles. The second-order valence-corrected chi connectivity index (χ2v) is 8.44. The zero-order chi connectivity index (χ0) is 19.3. The zero-order valence-electron chi connectivity index (χ0n) is 16.2. The lowest BCUT2D eigenvalue weighted by atomic mass is 9.87. The molecule has 1 atom stereocenters. The number of hydrogen-bond donors (Lipinski definition) is 1. The molecule has 26 heavy (non-hydrogen) atoms. The van der Waals surface area contributed by atoms with Gasteiger partial charge in [0, 0.05) is 4.47 Å². The van der Waals surface area contributed by atoms with Gasteiger partial charge in [-0.05, 0) is 70.1 Å². The summed E-state index contributed by atoms with van der Waals surface area (Å²) in [4.78, 5) is 12.5. The lowest BCUT2D eigenvalue weighted by Gasteiger charge is -2.21. The van der Waals surface area contributed by atoms with E-state index in [1.54, 1.807) is 6.92 Å². The van der Waals surface area contributed by atoms with Crippen molar-refractivity contribution in [1.82, 2.24) is 0 Å². The van der Waals surface area contributed by atoms with Gasteiger partial charge >= 0.3 is 0 Å². The van der Waals surface area contributed by atoms with E-state index in [1.165, 1.54) is 11.1 Å². The topological polar surface area (TPSA) is 38.3 Å². The van der Waals surface area contributed by atoms with Gasteiger partial charge in [0.25, 0.3) is 5.91 Å². The van der Waals surface area contributed by atoms with Gasteiger partial charge in [-0.2, -0.15) is 0 Å². The van der Waals surface area contributed by atoms with Crippen molar-refractivity contribution in [2.45, 2.75) is 59.0 Å². The number of anilines is 1. The van der Waals surface area contributed by atoms with Crippen LogP contribution in [-0.4, -0.2) is 12.0 Å². The lowest BCUT2D eigenvalue weighted by Crippen LogP contribution is -2.30. The molecule has 0 spiro atoms. The predicted octanol–water partition coefficient (Wildman–Crippen LogP) is 6.11. The molecule has 0 aliphatic rings. The molecule has 1 unspecified atom stereocenters. The third-order valence-corrected chi connectivity index (χ3v) is 4.89. The Balaban J connectivity index is 2.00. The fourth-order valence-electron chi connectivity index (χ4n) is 2.60. The van der Waals surface area contributed by atoms with Crippen molar-refractivity contribution in [2.24, 2.45) is 0 Å². The molecule has 3 nitrogen and oxygen atoms in total. The molecule has 0 aliphatic carbocycles. The van der Waals surface area contributed by atoms with Gasteiger partial charge in [0.2, 0.25) is 0 Å². The SMILES string of the molecule is CCCc1ccc(OC(C)C(=O)Nc2ccc(C(C)(C)C)cc2Br)cc1. The first-order chi connectivity index (χ1) is 12.2. The van der Waals surface area contributed by atoms with E-state index in [0.29, 0.717) is 5.75 Å². The molecule has 2 aromatic carbocycles. The van der Waals surface area contributed by atoms with Crippen LogP contribution in [0.5, 0.6) is 5.75 Å². The fraction of sp³-hybridized carbons (Fsp3) is 0.409. The molecule has 2 aromatic rings. The number of amides is 1. The van der Waals surface area contributed by atoms with Crippen LogP contribution >= 0.6 is 15.9 Å². The highest BCUT2D eigenvalue weighted by Gasteiger charge is 2.18. The summed E-state index contributed by atoms with van der Waals surface area (Å²) in [6, 6.07) is 13.9. The predicted molar refractivity (Wildman–Crippen MR) is 112 cm³/mol. The van der Waals surface area contributed by atoms with Gasteiger partial charge in [-0.1, -0.05) is 52.3 Å². The Morgan fingerprint density at radius 1 is 1.15 bits per heavy atom. The maximum Gasteiger partial charge on any atom is 0.265 e. The van der Waals surface area contributed by atoms with Crippen LogP contribution in [0.1, 0.15) is 52.2 Å². The van der Waals surface area contributed by atoms with Gasteiger partial charge in [0.1, 0.15) is 5.75 Å². The fourth-order valence-corrected chi connectivity index (χ4v) is 3.08. The first-order valence-electron chi connectivity index (χ1n) is 9.07. The molecular formula is C22H28BrNO2. The van der Waals surface area contributed by atoms with E-state index in [1.807, 2.05) is 42.5 Å². The number of aryl methyl sites for hydroxylation is 1. The summed E-state index contributed by atoms with van der Waals surface area (Å²) in [7, 11) is 0. The average molecular weight is 418 g/mol. The molecular weight excluding hydrogens is 390 g/mol. The molecule has 0 saturated heterocycles. The van der Waals surface area contributed by atoms with Crippen molar-refractivity contribution >= 4 is 27.5 Å². The van der Waals surface area contributed by atoms with Crippen LogP contribution in [0.2, 0.25) is 0 Å². The summed E-state index contributed by atoms with van der Waals surface area (Å²) in [6.45, 7) is 10.4. The van der Waals surface area contributed by atoms with Crippen molar-refractivity contribution in [3.63, 3.8) is 0 Å². The van der Waals surface area contributed by atoms with E-state index < -0.39 is 6.10 Å². The van der Waals surface area contributed by atoms with Crippen LogP contribution in [0.25, 0.3) is 0 Å². The van der Waals surface area contributed by atoms with Gasteiger partial charge in [-0.3, -0.25) is 4.79 Å². The van der Waals surface area contributed by atoms with Gasteiger partial charge in [-0.15, -0.1) is 0 Å². The van der Waals surface area contributed by atoms with E-state index in [0.717, 1.165) is 23.0 Å². The van der Waals surface area contributed by atoms with Crippen molar-refractivity contribution < 1.29 is 9.53 Å². The summed E-state index contributed by atoms with van der Waals surface area (Å²) in [5, 5.41) is 2.93. The number of ether oxygens (including phenoxy) is 1.